The van der Waals surface area contributed by atoms with Gasteiger partial charge in [-0.2, -0.15) is 0 Å². The summed E-state index contributed by atoms with van der Waals surface area (Å²) in [6, 6.07) is 13.0. The first-order valence-corrected chi connectivity index (χ1v) is 8.59. The van der Waals surface area contributed by atoms with E-state index in [1.165, 1.54) is 17.0 Å². The van der Waals surface area contributed by atoms with Crippen molar-refractivity contribution in [2.45, 2.75) is 19.1 Å². The van der Waals surface area contributed by atoms with Crippen molar-refractivity contribution in [1.29, 1.82) is 0 Å². The van der Waals surface area contributed by atoms with Crippen molar-refractivity contribution in [2.75, 3.05) is 20.2 Å². The molecule has 0 fully saturated rings. The average Bonchev–Trinajstić information content (AvgIpc) is 2.70. The monoisotopic (exact) mass is 371 g/mol. The van der Waals surface area contributed by atoms with E-state index in [0.717, 1.165) is 0 Å². The summed E-state index contributed by atoms with van der Waals surface area (Å²) in [6.07, 6.45) is -0.287. The second-order valence-corrected chi connectivity index (χ2v) is 6.32. The van der Waals surface area contributed by atoms with Gasteiger partial charge in [0.2, 0.25) is 0 Å². The number of nitro groups is 1. The van der Waals surface area contributed by atoms with Gasteiger partial charge in [-0.25, -0.2) is 4.79 Å². The molecule has 8 heteroatoms. The minimum atomic E-state index is -0.450. The van der Waals surface area contributed by atoms with Gasteiger partial charge >= 0.3 is 6.03 Å². The first-order valence-electron chi connectivity index (χ1n) is 8.59. The van der Waals surface area contributed by atoms with Crippen molar-refractivity contribution in [3.8, 4) is 11.5 Å². The van der Waals surface area contributed by atoms with Gasteiger partial charge in [0.05, 0.1) is 17.5 Å². The van der Waals surface area contributed by atoms with E-state index in [1.54, 1.807) is 19.2 Å². The Hall–Kier alpha value is -3.29. The van der Waals surface area contributed by atoms with Gasteiger partial charge in [-0.3, -0.25) is 10.1 Å². The molecule has 142 valence electrons. The molecule has 2 amide bonds. The van der Waals surface area contributed by atoms with Crippen LogP contribution in [-0.4, -0.2) is 42.2 Å². The van der Waals surface area contributed by atoms with Crippen molar-refractivity contribution in [1.82, 2.24) is 10.2 Å². The predicted molar refractivity (Wildman–Crippen MR) is 99.0 cm³/mol. The van der Waals surface area contributed by atoms with Crippen LogP contribution in [0.3, 0.4) is 0 Å². The lowest BCUT2D eigenvalue weighted by Gasteiger charge is -2.29. The van der Waals surface area contributed by atoms with Gasteiger partial charge in [0.1, 0.15) is 6.61 Å². The molecule has 1 heterocycles. The number of nitrogens with zero attached hydrogens (tertiary/aromatic N) is 2. The Morgan fingerprint density at radius 1 is 1.30 bits per heavy atom. The average molecular weight is 371 g/mol. The first kappa shape index (κ1) is 18.5. The Labute approximate surface area is 156 Å². The molecular weight excluding hydrogens is 350 g/mol. The third kappa shape index (κ3) is 4.28. The van der Waals surface area contributed by atoms with Crippen LogP contribution in [0.1, 0.15) is 18.5 Å². The highest BCUT2D eigenvalue weighted by Gasteiger charge is 2.23. The molecule has 1 aliphatic rings. The molecule has 0 bridgehead atoms. The lowest BCUT2D eigenvalue weighted by Crippen LogP contribution is -2.45. The summed E-state index contributed by atoms with van der Waals surface area (Å²) in [6.45, 7) is 2.45. The number of hydrogen-bond acceptors (Lipinski definition) is 5. The third-order valence-corrected chi connectivity index (χ3v) is 4.51. The SMILES string of the molecule is CC(c1cccc([N+](=O)[O-])c1)N(C)C(=O)NCC1COc2ccccc2O1. The number of amides is 2. The molecule has 0 aromatic heterocycles. The molecule has 8 nitrogen and oxygen atoms in total. The van der Waals surface area contributed by atoms with E-state index in [1.807, 2.05) is 31.2 Å². The fourth-order valence-corrected chi connectivity index (χ4v) is 2.79. The molecule has 27 heavy (non-hydrogen) atoms. The fourth-order valence-electron chi connectivity index (χ4n) is 2.79. The Balaban J connectivity index is 1.56. The lowest BCUT2D eigenvalue weighted by molar-refractivity contribution is -0.384. The summed E-state index contributed by atoms with van der Waals surface area (Å²) >= 11 is 0. The predicted octanol–water partition coefficient (Wildman–Crippen LogP) is 3.14. The highest BCUT2D eigenvalue weighted by molar-refractivity contribution is 5.74. The lowest BCUT2D eigenvalue weighted by atomic mass is 10.1. The van der Waals surface area contributed by atoms with Crippen LogP contribution in [0, 0.1) is 10.1 Å². The highest BCUT2D eigenvalue weighted by atomic mass is 16.6. The number of fused-ring (bicyclic) bond motifs is 1. The Morgan fingerprint density at radius 3 is 2.78 bits per heavy atom. The maximum Gasteiger partial charge on any atom is 0.317 e. The smallest absolute Gasteiger partial charge is 0.317 e. The summed E-state index contributed by atoms with van der Waals surface area (Å²) in [5.74, 6) is 1.35. The van der Waals surface area contributed by atoms with Crippen molar-refractivity contribution in [3.05, 3.63) is 64.2 Å². The Kier molecular flexibility index (Phi) is 5.44. The third-order valence-electron chi connectivity index (χ3n) is 4.51. The quantitative estimate of drug-likeness (QED) is 0.644. The largest absolute Gasteiger partial charge is 0.486 e. The molecule has 2 unspecified atom stereocenters. The number of carbonyl (C=O) groups is 1. The number of para-hydroxylation sites is 2. The normalized spacial score (nSPS) is 16.3. The number of benzene rings is 2. The molecule has 1 N–H and O–H groups in total. The molecule has 0 aliphatic carbocycles. The summed E-state index contributed by atoms with van der Waals surface area (Å²) in [7, 11) is 1.65. The zero-order chi connectivity index (χ0) is 19.4. The van der Waals surface area contributed by atoms with Gasteiger partial charge in [-0.1, -0.05) is 24.3 Å². The van der Waals surface area contributed by atoms with Gasteiger partial charge in [0.25, 0.3) is 5.69 Å². The van der Waals surface area contributed by atoms with Crippen molar-refractivity contribution in [3.63, 3.8) is 0 Å². The van der Waals surface area contributed by atoms with Crippen molar-refractivity contribution < 1.29 is 19.2 Å². The zero-order valence-electron chi connectivity index (χ0n) is 15.1. The van der Waals surface area contributed by atoms with E-state index in [4.69, 9.17) is 9.47 Å². The number of urea groups is 1. The topological polar surface area (TPSA) is 93.9 Å². The van der Waals surface area contributed by atoms with Gasteiger partial charge in [-0.05, 0) is 24.6 Å². The van der Waals surface area contributed by atoms with Crippen LogP contribution in [-0.2, 0) is 0 Å². The molecule has 3 rings (SSSR count). The molecule has 0 saturated carbocycles. The standard InChI is InChI=1S/C19H21N3O5/c1-13(14-6-5-7-15(10-14)22(24)25)21(2)19(23)20-11-16-12-26-17-8-3-4-9-18(17)27-16/h3-10,13,16H,11-12H2,1-2H3,(H,20,23). The van der Waals surface area contributed by atoms with Gasteiger partial charge < -0.3 is 19.7 Å². The highest BCUT2D eigenvalue weighted by Crippen LogP contribution is 2.30. The number of hydrogen-bond donors (Lipinski definition) is 1. The Bertz CT molecular complexity index is 842. The van der Waals surface area contributed by atoms with Crippen LogP contribution in [0.5, 0.6) is 11.5 Å². The van der Waals surface area contributed by atoms with E-state index < -0.39 is 4.92 Å². The van der Waals surface area contributed by atoms with E-state index in [9.17, 15) is 14.9 Å². The van der Waals surface area contributed by atoms with E-state index in [0.29, 0.717) is 30.2 Å². The maximum absolute atomic E-state index is 12.4. The number of rotatable bonds is 5. The number of carbonyl (C=O) groups excluding carboxylic acids is 1. The van der Waals surface area contributed by atoms with Crippen molar-refractivity contribution in [2.24, 2.45) is 0 Å². The van der Waals surface area contributed by atoms with Crippen LogP contribution < -0.4 is 14.8 Å². The number of nitro benzene ring substituents is 1. The molecule has 0 spiro atoms. The van der Waals surface area contributed by atoms with E-state index in [2.05, 4.69) is 5.32 Å². The van der Waals surface area contributed by atoms with Crippen LogP contribution in [0.25, 0.3) is 0 Å². The summed E-state index contributed by atoms with van der Waals surface area (Å²) in [5.41, 5.74) is 0.688. The number of nitrogens with one attached hydrogen (secondary N) is 1. The summed E-state index contributed by atoms with van der Waals surface area (Å²) in [4.78, 5) is 24.4. The zero-order valence-corrected chi connectivity index (χ0v) is 15.1. The molecule has 2 atom stereocenters. The molecule has 0 saturated heterocycles. The van der Waals surface area contributed by atoms with E-state index in [-0.39, 0.29) is 23.9 Å². The number of non-ortho nitro benzene ring substituents is 1. The minimum absolute atomic E-state index is 0.000391. The summed E-state index contributed by atoms with van der Waals surface area (Å²) in [5, 5.41) is 13.8. The van der Waals surface area contributed by atoms with Gasteiger partial charge in [-0.15, -0.1) is 0 Å². The van der Waals surface area contributed by atoms with Crippen LogP contribution in [0.15, 0.2) is 48.5 Å². The van der Waals surface area contributed by atoms with E-state index >= 15 is 0 Å². The molecule has 0 radical (unpaired) electrons. The van der Waals surface area contributed by atoms with Gasteiger partial charge in [0.15, 0.2) is 17.6 Å². The number of ether oxygens (including phenoxy) is 2. The minimum Gasteiger partial charge on any atom is -0.486 e. The van der Waals surface area contributed by atoms with Crippen LogP contribution >= 0.6 is 0 Å². The molecular formula is C19H21N3O5. The van der Waals surface area contributed by atoms with Crippen LogP contribution in [0.2, 0.25) is 0 Å². The fraction of sp³-hybridized carbons (Fsp3) is 0.316. The summed E-state index contributed by atoms with van der Waals surface area (Å²) < 4.78 is 11.4. The first-order chi connectivity index (χ1) is 13.0. The molecule has 1 aliphatic heterocycles. The second-order valence-electron chi connectivity index (χ2n) is 6.32. The molecule has 2 aromatic rings. The van der Waals surface area contributed by atoms with Gasteiger partial charge in [0, 0.05) is 19.2 Å². The molecule has 2 aromatic carbocycles. The van der Waals surface area contributed by atoms with Crippen LogP contribution in [0.4, 0.5) is 10.5 Å². The maximum atomic E-state index is 12.4. The Morgan fingerprint density at radius 2 is 2.04 bits per heavy atom. The van der Waals surface area contributed by atoms with Crippen molar-refractivity contribution >= 4 is 11.7 Å². The second kappa shape index (κ2) is 7.94.